The molecular weight excluding hydrogens is 382 g/mol. The second-order valence-electron chi connectivity index (χ2n) is 11.2. The Morgan fingerprint density at radius 2 is 1.16 bits per heavy atom. The van der Waals surface area contributed by atoms with Crippen LogP contribution in [0.25, 0.3) is 0 Å². The lowest BCUT2D eigenvalue weighted by atomic mass is 9.71. The highest BCUT2D eigenvalue weighted by Gasteiger charge is 2.38. The van der Waals surface area contributed by atoms with Crippen molar-refractivity contribution in [2.45, 2.75) is 134 Å². The number of nitrogens with zero attached hydrogens (tertiary/aromatic N) is 1. The second kappa shape index (κ2) is 11.9. The van der Waals surface area contributed by atoms with E-state index in [1.165, 1.54) is 122 Å². The van der Waals surface area contributed by atoms with Gasteiger partial charge in [-0.25, -0.2) is 4.79 Å². The highest BCUT2D eigenvalue weighted by Crippen LogP contribution is 2.42. The van der Waals surface area contributed by atoms with Crippen LogP contribution in [0, 0.1) is 17.8 Å². The molecule has 0 amide bonds. The van der Waals surface area contributed by atoms with Crippen LogP contribution in [0.3, 0.4) is 0 Å². The zero-order valence-corrected chi connectivity index (χ0v) is 19.9. The van der Waals surface area contributed by atoms with Crippen molar-refractivity contribution in [2.24, 2.45) is 17.8 Å². The maximum Gasteiger partial charge on any atom is 0.330 e. The standard InChI is InChI=1S/C28H47NO2/c1-2-28(30)31-21-22-13-17-26(18-14-22)29(25-11-7-4-8-12-25)27-19-15-24(16-20-27)23-9-5-3-6-10-23/h2,22-27H,1,3-21H2. The van der Waals surface area contributed by atoms with Gasteiger partial charge in [-0.2, -0.15) is 0 Å². The fourth-order valence-corrected chi connectivity index (χ4v) is 7.62. The second-order valence-corrected chi connectivity index (χ2v) is 11.2. The molecule has 4 saturated carbocycles. The van der Waals surface area contributed by atoms with E-state index in [2.05, 4.69) is 11.5 Å². The lowest BCUT2D eigenvalue weighted by Crippen LogP contribution is -2.52. The van der Waals surface area contributed by atoms with E-state index < -0.39 is 0 Å². The van der Waals surface area contributed by atoms with Gasteiger partial charge in [-0.3, -0.25) is 4.90 Å². The topological polar surface area (TPSA) is 29.5 Å². The van der Waals surface area contributed by atoms with Crippen LogP contribution in [-0.4, -0.2) is 35.6 Å². The summed E-state index contributed by atoms with van der Waals surface area (Å²) in [5.41, 5.74) is 0. The van der Waals surface area contributed by atoms with Gasteiger partial charge in [0.25, 0.3) is 0 Å². The lowest BCUT2D eigenvalue weighted by molar-refractivity contribution is -0.139. The predicted molar refractivity (Wildman–Crippen MR) is 128 cm³/mol. The normalized spacial score (nSPS) is 33.8. The third kappa shape index (κ3) is 6.36. The first-order chi connectivity index (χ1) is 15.2. The Morgan fingerprint density at radius 3 is 1.74 bits per heavy atom. The van der Waals surface area contributed by atoms with E-state index in [4.69, 9.17) is 4.74 Å². The predicted octanol–water partition coefficient (Wildman–Crippen LogP) is 7.05. The molecule has 0 aromatic heterocycles. The first-order valence-electron chi connectivity index (χ1n) is 13.8. The van der Waals surface area contributed by atoms with Gasteiger partial charge in [-0.05, 0) is 82.0 Å². The first kappa shape index (κ1) is 23.3. The SMILES string of the molecule is C=CC(=O)OCC1CCC(N(C2CCCCC2)C2CCC(C3CCCCC3)CC2)CC1. The third-order valence-corrected chi connectivity index (χ3v) is 9.34. The van der Waals surface area contributed by atoms with Crippen molar-refractivity contribution in [3.63, 3.8) is 0 Å². The van der Waals surface area contributed by atoms with Crippen molar-refractivity contribution >= 4 is 5.97 Å². The third-order valence-electron chi connectivity index (χ3n) is 9.34. The Hall–Kier alpha value is -0.830. The molecule has 0 spiro atoms. The Bertz CT molecular complexity index is 547. The van der Waals surface area contributed by atoms with Gasteiger partial charge in [0.15, 0.2) is 0 Å². The number of rotatable bonds is 7. The average Bonchev–Trinajstić information content (AvgIpc) is 2.85. The van der Waals surface area contributed by atoms with Crippen molar-refractivity contribution in [3.05, 3.63) is 12.7 Å². The van der Waals surface area contributed by atoms with Crippen molar-refractivity contribution in [2.75, 3.05) is 6.61 Å². The van der Waals surface area contributed by atoms with E-state index in [0.29, 0.717) is 12.5 Å². The summed E-state index contributed by atoms with van der Waals surface area (Å²) in [5, 5.41) is 0. The quantitative estimate of drug-likeness (QED) is 0.321. The van der Waals surface area contributed by atoms with Gasteiger partial charge >= 0.3 is 5.97 Å². The van der Waals surface area contributed by atoms with Gasteiger partial charge in [0.1, 0.15) is 0 Å². The lowest BCUT2D eigenvalue weighted by Gasteiger charge is -2.49. The summed E-state index contributed by atoms with van der Waals surface area (Å²) < 4.78 is 5.36. The molecule has 0 aromatic carbocycles. The number of ether oxygens (including phenoxy) is 1. The van der Waals surface area contributed by atoms with Crippen LogP contribution in [-0.2, 0) is 9.53 Å². The molecule has 3 nitrogen and oxygen atoms in total. The molecule has 0 aliphatic heterocycles. The summed E-state index contributed by atoms with van der Waals surface area (Å²) in [7, 11) is 0. The molecule has 0 bridgehead atoms. The Balaban J connectivity index is 1.32. The largest absolute Gasteiger partial charge is 0.462 e. The smallest absolute Gasteiger partial charge is 0.330 e. The molecule has 0 aromatic rings. The molecule has 3 heteroatoms. The Labute approximate surface area is 191 Å². The summed E-state index contributed by atoms with van der Waals surface area (Å²) in [5.74, 6) is 2.36. The van der Waals surface area contributed by atoms with E-state index in [9.17, 15) is 4.79 Å². The van der Waals surface area contributed by atoms with Crippen LogP contribution < -0.4 is 0 Å². The number of carbonyl (C=O) groups is 1. The Morgan fingerprint density at radius 1 is 0.677 bits per heavy atom. The fraction of sp³-hybridized carbons (Fsp3) is 0.893. The van der Waals surface area contributed by atoms with Gasteiger partial charge in [-0.1, -0.05) is 57.9 Å². The molecule has 0 unspecified atom stereocenters. The van der Waals surface area contributed by atoms with E-state index in [0.717, 1.165) is 30.0 Å². The number of hydrogen-bond donors (Lipinski definition) is 0. The summed E-state index contributed by atoms with van der Waals surface area (Å²) in [6.07, 6.45) is 26.9. The van der Waals surface area contributed by atoms with Crippen LogP contribution in [0.2, 0.25) is 0 Å². The first-order valence-corrected chi connectivity index (χ1v) is 13.8. The summed E-state index contributed by atoms with van der Waals surface area (Å²) in [4.78, 5) is 14.5. The molecular formula is C28H47NO2. The van der Waals surface area contributed by atoms with Crippen LogP contribution in [0.5, 0.6) is 0 Å². The molecule has 0 radical (unpaired) electrons. The van der Waals surface area contributed by atoms with Crippen molar-refractivity contribution in [1.29, 1.82) is 0 Å². The van der Waals surface area contributed by atoms with Gasteiger partial charge < -0.3 is 4.74 Å². The number of esters is 1. The minimum absolute atomic E-state index is 0.263. The molecule has 31 heavy (non-hydrogen) atoms. The van der Waals surface area contributed by atoms with E-state index in [-0.39, 0.29) is 5.97 Å². The Kier molecular flexibility index (Phi) is 8.93. The van der Waals surface area contributed by atoms with Gasteiger partial charge in [-0.15, -0.1) is 0 Å². The highest BCUT2D eigenvalue weighted by atomic mass is 16.5. The summed E-state index contributed by atoms with van der Waals surface area (Å²) in [6, 6.07) is 2.44. The summed E-state index contributed by atoms with van der Waals surface area (Å²) >= 11 is 0. The zero-order chi connectivity index (χ0) is 21.5. The van der Waals surface area contributed by atoms with Gasteiger partial charge in [0.2, 0.25) is 0 Å². The molecule has 176 valence electrons. The van der Waals surface area contributed by atoms with E-state index in [1.54, 1.807) is 0 Å². The zero-order valence-electron chi connectivity index (χ0n) is 19.9. The molecule has 0 heterocycles. The van der Waals surface area contributed by atoms with Crippen LogP contribution in [0.4, 0.5) is 0 Å². The van der Waals surface area contributed by atoms with Crippen LogP contribution in [0.15, 0.2) is 12.7 Å². The van der Waals surface area contributed by atoms with Crippen molar-refractivity contribution in [3.8, 4) is 0 Å². The van der Waals surface area contributed by atoms with Crippen LogP contribution >= 0.6 is 0 Å². The van der Waals surface area contributed by atoms with Gasteiger partial charge in [0, 0.05) is 24.2 Å². The summed E-state index contributed by atoms with van der Waals surface area (Å²) in [6.45, 7) is 4.11. The molecule has 4 aliphatic rings. The van der Waals surface area contributed by atoms with E-state index in [1.807, 2.05) is 0 Å². The van der Waals surface area contributed by atoms with Crippen LogP contribution in [0.1, 0.15) is 116 Å². The van der Waals surface area contributed by atoms with Crippen molar-refractivity contribution in [1.82, 2.24) is 4.90 Å². The highest BCUT2D eigenvalue weighted by molar-refractivity contribution is 5.81. The van der Waals surface area contributed by atoms with Crippen molar-refractivity contribution < 1.29 is 9.53 Å². The van der Waals surface area contributed by atoms with E-state index >= 15 is 0 Å². The molecule has 0 N–H and O–H groups in total. The maximum absolute atomic E-state index is 11.4. The molecule has 4 fully saturated rings. The minimum Gasteiger partial charge on any atom is -0.462 e. The fourth-order valence-electron chi connectivity index (χ4n) is 7.62. The van der Waals surface area contributed by atoms with Gasteiger partial charge in [0.05, 0.1) is 6.61 Å². The molecule has 0 atom stereocenters. The number of carbonyl (C=O) groups excluding carboxylic acids is 1. The molecule has 0 saturated heterocycles. The maximum atomic E-state index is 11.4. The monoisotopic (exact) mass is 429 g/mol. The minimum atomic E-state index is -0.263. The average molecular weight is 430 g/mol. The molecule has 4 rings (SSSR count). The molecule has 4 aliphatic carbocycles. The number of hydrogen-bond acceptors (Lipinski definition) is 3.